The van der Waals surface area contributed by atoms with E-state index >= 15 is 0 Å². The number of sulfone groups is 1. The number of sulfonamides is 1. The van der Waals surface area contributed by atoms with Gasteiger partial charge in [-0.05, 0) is 37.1 Å². The first-order chi connectivity index (χ1) is 13.4. The molecular weight excluding hydrogens is 459 g/mol. The Bertz CT molecular complexity index is 1210. The summed E-state index contributed by atoms with van der Waals surface area (Å²) in [5.74, 6) is -1.08. The minimum Gasteiger partial charge on any atom is -0.291 e. The van der Waals surface area contributed by atoms with Crippen LogP contribution in [-0.4, -0.2) is 39.9 Å². The van der Waals surface area contributed by atoms with Crippen LogP contribution in [-0.2, 0) is 25.6 Å². The molecule has 1 unspecified atom stereocenters. The van der Waals surface area contributed by atoms with Gasteiger partial charge in [0.25, 0.3) is 0 Å². The van der Waals surface area contributed by atoms with Crippen molar-refractivity contribution < 1.29 is 21.6 Å². The standard InChI is InChI=1S/C18H18Cl2N2O5S2/c1-10(2)22(28(3,24)25)16-13(19)7-6-12(14(16)20)18-17(23)15-11(5-4-8-21-15)9-29(18,26)27/h4-8,10,18H,9H2,1-3H3. The molecule has 0 saturated carbocycles. The summed E-state index contributed by atoms with van der Waals surface area (Å²) in [4.78, 5) is 17.0. The average molecular weight is 477 g/mol. The molecule has 7 nitrogen and oxygen atoms in total. The lowest BCUT2D eigenvalue weighted by Crippen LogP contribution is -2.37. The maximum Gasteiger partial charge on any atom is 0.232 e. The number of pyridine rings is 1. The highest BCUT2D eigenvalue weighted by Crippen LogP contribution is 2.45. The Morgan fingerprint density at radius 2 is 1.86 bits per heavy atom. The molecule has 2 aromatic rings. The molecule has 2 heterocycles. The van der Waals surface area contributed by atoms with E-state index in [4.69, 9.17) is 23.2 Å². The lowest BCUT2D eigenvalue weighted by molar-refractivity contribution is 0.0979. The lowest BCUT2D eigenvalue weighted by Gasteiger charge is -2.30. The number of carbonyl (C=O) groups excluding carboxylic acids is 1. The van der Waals surface area contributed by atoms with Gasteiger partial charge in [-0.3, -0.25) is 14.1 Å². The predicted molar refractivity (Wildman–Crippen MR) is 113 cm³/mol. The maximum atomic E-state index is 13.0. The molecule has 0 fully saturated rings. The van der Waals surface area contributed by atoms with Crippen molar-refractivity contribution in [3.63, 3.8) is 0 Å². The normalized spacial score (nSPS) is 18.6. The monoisotopic (exact) mass is 476 g/mol. The van der Waals surface area contributed by atoms with Gasteiger partial charge in [-0.15, -0.1) is 0 Å². The molecule has 1 aliphatic rings. The van der Waals surface area contributed by atoms with Crippen LogP contribution >= 0.6 is 23.2 Å². The van der Waals surface area contributed by atoms with Gasteiger partial charge >= 0.3 is 0 Å². The zero-order valence-electron chi connectivity index (χ0n) is 15.8. The van der Waals surface area contributed by atoms with Gasteiger partial charge in [-0.1, -0.05) is 35.3 Å². The van der Waals surface area contributed by atoms with Crippen molar-refractivity contribution in [1.29, 1.82) is 0 Å². The van der Waals surface area contributed by atoms with Crippen molar-refractivity contribution in [1.82, 2.24) is 4.98 Å². The van der Waals surface area contributed by atoms with E-state index in [1.165, 1.54) is 24.4 Å². The van der Waals surface area contributed by atoms with Gasteiger partial charge in [0.2, 0.25) is 15.8 Å². The summed E-state index contributed by atoms with van der Waals surface area (Å²) in [6, 6.07) is 5.23. The Labute approximate surface area is 179 Å². The number of nitrogens with zero attached hydrogens (tertiary/aromatic N) is 2. The number of aromatic nitrogens is 1. The van der Waals surface area contributed by atoms with Crippen LogP contribution < -0.4 is 4.31 Å². The van der Waals surface area contributed by atoms with Crippen LogP contribution in [0, 0.1) is 0 Å². The summed E-state index contributed by atoms with van der Waals surface area (Å²) in [6.45, 7) is 3.26. The Morgan fingerprint density at radius 3 is 2.45 bits per heavy atom. The topological polar surface area (TPSA) is 101 Å². The molecule has 29 heavy (non-hydrogen) atoms. The number of hydrogen-bond donors (Lipinski definition) is 0. The number of hydrogen-bond acceptors (Lipinski definition) is 6. The van der Waals surface area contributed by atoms with Crippen LogP contribution in [0.2, 0.25) is 10.0 Å². The molecule has 0 spiro atoms. The van der Waals surface area contributed by atoms with Crippen molar-refractivity contribution in [2.45, 2.75) is 30.9 Å². The predicted octanol–water partition coefficient (Wildman–Crippen LogP) is 3.42. The maximum absolute atomic E-state index is 13.0. The molecule has 0 amide bonds. The quantitative estimate of drug-likeness (QED) is 0.669. The number of ketones is 1. The highest BCUT2D eigenvalue weighted by molar-refractivity contribution is 7.92. The van der Waals surface area contributed by atoms with Gasteiger partial charge in [0, 0.05) is 12.2 Å². The molecule has 0 N–H and O–H groups in total. The third-order valence-electron chi connectivity index (χ3n) is 4.50. The molecule has 11 heteroatoms. The number of benzene rings is 1. The smallest absolute Gasteiger partial charge is 0.232 e. The first-order valence-corrected chi connectivity index (χ1v) is 12.8. The van der Waals surface area contributed by atoms with E-state index in [-0.39, 0.29) is 32.7 Å². The Balaban J connectivity index is 2.27. The van der Waals surface area contributed by atoms with E-state index in [1.54, 1.807) is 19.9 Å². The van der Waals surface area contributed by atoms with Crippen molar-refractivity contribution in [3.8, 4) is 0 Å². The summed E-state index contributed by atoms with van der Waals surface area (Å²) >= 11 is 12.7. The molecule has 1 aromatic heterocycles. The van der Waals surface area contributed by atoms with Crippen LogP contribution in [0.4, 0.5) is 5.69 Å². The van der Waals surface area contributed by atoms with Crippen molar-refractivity contribution in [2.75, 3.05) is 10.6 Å². The van der Waals surface area contributed by atoms with Crippen molar-refractivity contribution in [3.05, 3.63) is 57.3 Å². The number of anilines is 1. The minimum absolute atomic E-state index is 0.0251. The number of halogens is 2. The van der Waals surface area contributed by atoms with E-state index in [0.29, 0.717) is 5.56 Å². The minimum atomic E-state index is -3.96. The fraction of sp³-hybridized carbons (Fsp3) is 0.333. The third kappa shape index (κ3) is 3.88. The van der Waals surface area contributed by atoms with E-state index in [1.807, 2.05) is 0 Å². The fourth-order valence-electron chi connectivity index (χ4n) is 3.47. The summed E-state index contributed by atoms with van der Waals surface area (Å²) < 4.78 is 51.5. The lowest BCUT2D eigenvalue weighted by atomic mass is 10.0. The second-order valence-electron chi connectivity index (χ2n) is 7.01. The second kappa shape index (κ2) is 7.54. The summed E-state index contributed by atoms with van der Waals surface area (Å²) in [7, 11) is -7.74. The summed E-state index contributed by atoms with van der Waals surface area (Å²) in [5.41, 5.74) is 0.294. The van der Waals surface area contributed by atoms with Crippen LogP contribution in [0.5, 0.6) is 0 Å². The molecule has 0 radical (unpaired) electrons. The van der Waals surface area contributed by atoms with Gasteiger partial charge in [-0.2, -0.15) is 0 Å². The molecular formula is C18H18Cl2N2O5S2. The van der Waals surface area contributed by atoms with Gasteiger partial charge in [-0.25, -0.2) is 16.8 Å². The first-order valence-electron chi connectivity index (χ1n) is 8.53. The van der Waals surface area contributed by atoms with Crippen LogP contribution in [0.25, 0.3) is 0 Å². The summed E-state index contributed by atoms with van der Waals surface area (Å²) in [6.07, 6.45) is 2.40. The molecule has 1 aliphatic heterocycles. The first kappa shape index (κ1) is 22.0. The second-order valence-corrected chi connectivity index (χ2v) is 11.7. The Kier molecular flexibility index (Phi) is 5.72. The zero-order valence-corrected chi connectivity index (χ0v) is 18.9. The van der Waals surface area contributed by atoms with Crippen molar-refractivity contribution >= 4 is 54.5 Å². The van der Waals surface area contributed by atoms with E-state index in [9.17, 15) is 21.6 Å². The summed E-state index contributed by atoms with van der Waals surface area (Å²) in [5, 5.41) is -1.77. The highest BCUT2D eigenvalue weighted by Gasteiger charge is 2.43. The Morgan fingerprint density at radius 1 is 1.21 bits per heavy atom. The number of fused-ring (bicyclic) bond motifs is 1. The van der Waals surface area contributed by atoms with E-state index in [0.717, 1.165) is 10.6 Å². The van der Waals surface area contributed by atoms with Gasteiger partial charge in [0.1, 0.15) is 5.69 Å². The molecule has 0 saturated heterocycles. The number of Topliss-reactive ketones (excluding diaryl/α,β-unsaturated/α-hetero) is 1. The molecule has 0 aliphatic carbocycles. The van der Waals surface area contributed by atoms with E-state index < -0.39 is 36.9 Å². The molecule has 1 atom stereocenters. The number of rotatable bonds is 4. The van der Waals surface area contributed by atoms with Crippen LogP contribution in [0.3, 0.4) is 0 Å². The van der Waals surface area contributed by atoms with Crippen LogP contribution in [0.1, 0.15) is 40.7 Å². The highest BCUT2D eigenvalue weighted by atomic mass is 35.5. The van der Waals surface area contributed by atoms with Crippen molar-refractivity contribution in [2.24, 2.45) is 0 Å². The molecule has 3 rings (SSSR count). The zero-order chi connectivity index (χ0) is 21.7. The molecule has 156 valence electrons. The molecule has 1 aromatic carbocycles. The molecule has 0 bridgehead atoms. The SMILES string of the molecule is CC(C)N(c1c(Cl)ccc(C2C(=O)c3ncccc3CS2(=O)=O)c1Cl)S(C)(=O)=O. The Hall–Kier alpha value is -1.68. The fourth-order valence-corrected chi connectivity index (χ4v) is 7.44. The van der Waals surface area contributed by atoms with Crippen LogP contribution in [0.15, 0.2) is 30.5 Å². The average Bonchev–Trinajstić information content (AvgIpc) is 2.58. The van der Waals surface area contributed by atoms with Gasteiger partial charge in [0.15, 0.2) is 15.1 Å². The van der Waals surface area contributed by atoms with E-state index in [2.05, 4.69) is 4.98 Å². The third-order valence-corrected chi connectivity index (χ3v) is 8.43. The van der Waals surface area contributed by atoms with Gasteiger partial charge < -0.3 is 0 Å². The number of carbonyl (C=O) groups is 1. The largest absolute Gasteiger partial charge is 0.291 e. The van der Waals surface area contributed by atoms with Gasteiger partial charge in [0.05, 0.1) is 27.7 Å².